The second-order valence-electron chi connectivity index (χ2n) is 3.79. The van der Waals surface area contributed by atoms with E-state index in [2.05, 4.69) is 4.99 Å². The number of amides is 1. The zero-order valence-electron chi connectivity index (χ0n) is 9.07. The summed E-state index contributed by atoms with van der Waals surface area (Å²) >= 11 is 0. The van der Waals surface area contributed by atoms with Gasteiger partial charge in [-0.1, -0.05) is 18.2 Å². The average molecular weight is 258 g/mol. The van der Waals surface area contributed by atoms with Crippen LogP contribution in [-0.2, 0) is 9.53 Å². The van der Waals surface area contributed by atoms with Gasteiger partial charge < -0.3 is 10.5 Å². The van der Waals surface area contributed by atoms with Crippen LogP contribution in [0.5, 0.6) is 0 Å². The third-order valence-electron chi connectivity index (χ3n) is 2.61. The van der Waals surface area contributed by atoms with Crippen LogP contribution in [0, 0.1) is 0 Å². The van der Waals surface area contributed by atoms with Gasteiger partial charge in [0.15, 0.2) is 0 Å². The first-order valence-corrected chi connectivity index (χ1v) is 5.01. The predicted octanol–water partition coefficient (Wildman–Crippen LogP) is 1.25. The van der Waals surface area contributed by atoms with Gasteiger partial charge >= 0.3 is 6.18 Å². The standard InChI is InChI=1S/C11H9F3N2O2/c12-11(13,14)10(9(15)17)6-18-8(16-10)7-4-2-1-3-5-7/h1-5H,6H2,(H2,15,17). The molecular formula is C11H9F3N2O2. The molecular weight excluding hydrogens is 249 g/mol. The Morgan fingerprint density at radius 3 is 2.39 bits per heavy atom. The van der Waals surface area contributed by atoms with Gasteiger partial charge in [-0.15, -0.1) is 0 Å². The van der Waals surface area contributed by atoms with E-state index in [1.807, 2.05) is 0 Å². The lowest BCUT2D eigenvalue weighted by Gasteiger charge is -2.22. The van der Waals surface area contributed by atoms with E-state index in [-0.39, 0.29) is 5.90 Å². The fourth-order valence-electron chi connectivity index (χ4n) is 1.55. The van der Waals surface area contributed by atoms with E-state index >= 15 is 0 Å². The number of aliphatic imine (C=N–C) groups is 1. The summed E-state index contributed by atoms with van der Waals surface area (Å²) in [6, 6.07) is 8.01. The molecule has 1 aromatic carbocycles. The van der Waals surface area contributed by atoms with Gasteiger partial charge in [-0.25, -0.2) is 4.99 Å². The number of ether oxygens (including phenoxy) is 1. The highest BCUT2D eigenvalue weighted by Crippen LogP contribution is 2.37. The lowest BCUT2D eigenvalue weighted by Crippen LogP contribution is -2.55. The number of primary amides is 1. The molecule has 1 heterocycles. The summed E-state index contributed by atoms with van der Waals surface area (Å²) in [4.78, 5) is 14.4. The summed E-state index contributed by atoms with van der Waals surface area (Å²) in [7, 11) is 0. The van der Waals surface area contributed by atoms with Gasteiger partial charge in [0.2, 0.25) is 5.90 Å². The van der Waals surface area contributed by atoms with Crippen molar-refractivity contribution in [2.75, 3.05) is 6.61 Å². The minimum atomic E-state index is -4.88. The highest BCUT2D eigenvalue weighted by Gasteiger charge is 2.63. The quantitative estimate of drug-likeness (QED) is 0.867. The van der Waals surface area contributed by atoms with E-state index in [4.69, 9.17) is 10.5 Å². The molecule has 2 rings (SSSR count). The SMILES string of the molecule is NC(=O)C1(C(F)(F)F)COC(c2ccccc2)=N1. The molecule has 0 radical (unpaired) electrons. The van der Waals surface area contributed by atoms with E-state index in [0.29, 0.717) is 5.56 Å². The summed E-state index contributed by atoms with van der Waals surface area (Å²) in [5, 5.41) is 0. The predicted molar refractivity (Wildman–Crippen MR) is 56.9 cm³/mol. The van der Waals surface area contributed by atoms with E-state index in [9.17, 15) is 18.0 Å². The van der Waals surface area contributed by atoms with Crippen molar-refractivity contribution in [3.05, 3.63) is 35.9 Å². The van der Waals surface area contributed by atoms with Crippen LogP contribution in [0.1, 0.15) is 5.56 Å². The number of alkyl halides is 3. The Kier molecular flexibility index (Phi) is 2.76. The number of carbonyl (C=O) groups excluding carboxylic acids is 1. The summed E-state index contributed by atoms with van der Waals surface area (Å²) < 4.78 is 43.5. The Hall–Kier alpha value is -2.05. The average Bonchev–Trinajstić information content (AvgIpc) is 2.75. The molecule has 0 fully saturated rings. The number of benzene rings is 1. The third-order valence-corrected chi connectivity index (χ3v) is 2.61. The largest absolute Gasteiger partial charge is 0.474 e. The van der Waals surface area contributed by atoms with Crippen molar-refractivity contribution < 1.29 is 22.7 Å². The Balaban J connectivity index is 2.44. The number of hydrogen-bond donors (Lipinski definition) is 1. The van der Waals surface area contributed by atoms with Crippen LogP contribution in [0.15, 0.2) is 35.3 Å². The number of hydrogen-bond acceptors (Lipinski definition) is 3. The molecule has 18 heavy (non-hydrogen) atoms. The number of carbonyl (C=O) groups is 1. The Bertz CT molecular complexity index is 499. The fraction of sp³-hybridized carbons (Fsp3) is 0.273. The number of nitrogens with zero attached hydrogens (tertiary/aromatic N) is 1. The van der Waals surface area contributed by atoms with Crippen LogP contribution in [0.2, 0.25) is 0 Å². The molecule has 1 unspecified atom stereocenters. The van der Waals surface area contributed by atoms with Crippen molar-refractivity contribution in [1.82, 2.24) is 0 Å². The lowest BCUT2D eigenvalue weighted by molar-refractivity contribution is -0.190. The first-order valence-electron chi connectivity index (χ1n) is 5.01. The van der Waals surface area contributed by atoms with E-state index in [1.54, 1.807) is 18.2 Å². The summed E-state index contributed by atoms with van der Waals surface area (Å²) in [6.07, 6.45) is -4.88. The van der Waals surface area contributed by atoms with Crippen LogP contribution >= 0.6 is 0 Å². The minimum Gasteiger partial charge on any atom is -0.474 e. The zero-order chi connectivity index (χ0) is 13.4. The molecule has 1 amide bonds. The van der Waals surface area contributed by atoms with Gasteiger partial charge in [0.05, 0.1) is 0 Å². The Morgan fingerprint density at radius 1 is 1.33 bits per heavy atom. The van der Waals surface area contributed by atoms with Crippen molar-refractivity contribution in [3.63, 3.8) is 0 Å². The molecule has 0 aromatic heterocycles. The molecule has 1 aliphatic heterocycles. The fourth-order valence-corrected chi connectivity index (χ4v) is 1.55. The van der Waals surface area contributed by atoms with Crippen molar-refractivity contribution in [1.29, 1.82) is 0 Å². The first kappa shape index (κ1) is 12.4. The van der Waals surface area contributed by atoms with Gasteiger partial charge in [0.25, 0.3) is 11.4 Å². The number of rotatable bonds is 2. The molecule has 1 aliphatic rings. The van der Waals surface area contributed by atoms with Crippen LogP contribution in [0.4, 0.5) is 13.2 Å². The first-order chi connectivity index (χ1) is 8.37. The maximum Gasteiger partial charge on any atom is 0.426 e. The van der Waals surface area contributed by atoms with Gasteiger partial charge in [0.1, 0.15) is 6.61 Å². The van der Waals surface area contributed by atoms with Crippen molar-refractivity contribution in [2.45, 2.75) is 11.7 Å². The molecule has 0 spiro atoms. The second-order valence-corrected chi connectivity index (χ2v) is 3.79. The normalized spacial score (nSPS) is 23.4. The second kappa shape index (κ2) is 4.01. The van der Waals surface area contributed by atoms with Crippen LogP contribution in [0.25, 0.3) is 0 Å². The maximum atomic E-state index is 12.9. The summed E-state index contributed by atoms with van der Waals surface area (Å²) in [5.74, 6) is -1.80. The molecule has 2 N–H and O–H groups in total. The molecule has 1 atom stereocenters. The smallest absolute Gasteiger partial charge is 0.426 e. The van der Waals surface area contributed by atoms with Crippen molar-refractivity contribution in [3.8, 4) is 0 Å². The lowest BCUT2D eigenvalue weighted by atomic mass is 10.0. The molecule has 0 saturated heterocycles. The van der Waals surface area contributed by atoms with Crippen molar-refractivity contribution >= 4 is 11.8 Å². The molecule has 0 aliphatic carbocycles. The number of halogens is 3. The minimum absolute atomic E-state index is 0.230. The highest BCUT2D eigenvalue weighted by molar-refractivity contribution is 6.00. The highest BCUT2D eigenvalue weighted by atomic mass is 19.4. The van der Waals surface area contributed by atoms with Gasteiger partial charge in [0, 0.05) is 5.56 Å². The maximum absolute atomic E-state index is 12.9. The zero-order valence-corrected chi connectivity index (χ0v) is 9.07. The molecule has 0 saturated carbocycles. The van der Waals surface area contributed by atoms with E-state index in [0.717, 1.165) is 0 Å². The molecule has 1 aromatic rings. The van der Waals surface area contributed by atoms with Crippen LogP contribution in [0.3, 0.4) is 0 Å². The summed E-state index contributed by atoms with van der Waals surface area (Å²) in [6.45, 7) is -0.921. The third kappa shape index (κ3) is 1.81. The van der Waals surface area contributed by atoms with Gasteiger partial charge in [-0.2, -0.15) is 13.2 Å². The van der Waals surface area contributed by atoms with Gasteiger partial charge in [-0.3, -0.25) is 4.79 Å². The Labute approximate surface area is 100 Å². The van der Waals surface area contributed by atoms with Crippen LogP contribution in [-0.4, -0.2) is 30.1 Å². The molecule has 7 heteroatoms. The van der Waals surface area contributed by atoms with E-state index in [1.165, 1.54) is 12.1 Å². The molecule has 4 nitrogen and oxygen atoms in total. The van der Waals surface area contributed by atoms with Crippen molar-refractivity contribution in [2.24, 2.45) is 10.7 Å². The van der Waals surface area contributed by atoms with Crippen LogP contribution < -0.4 is 5.73 Å². The Morgan fingerprint density at radius 2 is 1.94 bits per heavy atom. The monoisotopic (exact) mass is 258 g/mol. The summed E-state index contributed by atoms with van der Waals surface area (Å²) in [5.41, 5.74) is 2.19. The number of nitrogens with two attached hydrogens (primary N) is 1. The van der Waals surface area contributed by atoms with Gasteiger partial charge in [-0.05, 0) is 12.1 Å². The topological polar surface area (TPSA) is 64.7 Å². The molecule has 96 valence electrons. The molecule has 0 bridgehead atoms. The van der Waals surface area contributed by atoms with E-state index < -0.39 is 24.2 Å².